The number of para-hydroxylation sites is 2. The first-order valence-corrected chi connectivity index (χ1v) is 10.3. The zero-order valence-corrected chi connectivity index (χ0v) is 18.6. The van der Waals surface area contributed by atoms with E-state index in [1.165, 1.54) is 43.7 Å². The molecule has 0 saturated heterocycles. The quantitative estimate of drug-likeness (QED) is 0.118. The molecule has 0 unspecified atom stereocenters. The van der Waals surface area contributed by atoms with Crippen LogP contribution in [0, 0.1) is 10.1 Å². The number of hydrogen-bond acceptors (Lipinski definition) is 8. The predicted molar refractivity (Wildman–Crippen MR) is 128 cm³/mol. The summed E-state index contributed by atoms with van der Waals surface area (Å²) in [6.45, 7) is -0.461. The van der Waals surface area contributed by atoms with Crippen molar-refractivity contribution in [1.82, 2.24) is 5.43 Å². The number of amides is 1. The van der Waals surface area contributed by atoms with E-state index in [1.807, 2.05) is 30.3 Å². The molecule has 0 atom stereocenters. The third-order valence-electron chi connectivity index (χ3n) is 4.43. The molecular formula is C25H21N3O7. The number of nitro groups is 1. The fourth-order valence-corrected chi connectivity index (χ4v) is 2.80. The maximum atomic E-state index is 12.1. The summed E-state index contributed by atoms with van der Waals surface area (Å²) >= 11 is 0. The third-order valence-corrected chi connectivity index (χ3v) is 4.43. The van der Waals surface area contributed by atoms with Crippen LogP contribution in [-0.4, -0.2) is 36.7 Å². The molecule has 1 N–H and O–H groups in total. The molecule has 10 heteroatoms. The summed E-state index contributed by atoms with van der Waals surface area (Å²) in [5.74, 6) is -0.692. The van der Waals surface area contributed by atoms with E-state index in [2.05, 4.69) is 10.5 Å². The number of nitro benzene ring substituents is 1. The van der Waals surface area contributed by atoms with Crippen molar-refractivity contribution in [1.29, 1.82) is 0 Å². The highest BCUT2D eigenvalue weighted by Crippen LogP contribution is 2.28. The van der Waals surface area contributed by atoms with Crippen LogP contribution in [0.1, 0.15) is 11.1 Å². The molecule has 0 aliphatic heterocycles. The van der Waals surface area contributed by atoms with E-state index in [0.717, 1.165) is 5.56 Å². The summed E-state index contributed by atoms with van der Waals surface area (Å²) in [4.78, 5) is 34.4. The van der Waals surface area contributed by atoms with Gasteiger partial charge in [0.15, 0.2) is 23.9 Å². The van der Waals surface area contributed by atoms with Crippen LogP contribution in [0.2, 0.25) is 0 Å². The van der Waals surface area contributed by atoms with Gasteiger partial charge < -0.3 is 14.2 Å². The Morgan fingerprint density at radius 2 is 1.71 bits per heavy atom. The number of rotatable bonds is 10. The molecule has 0 heterocycles. The van der Waals surface area contributed by atoms with E-state index in [-0.39, 0.29) is 17.2 Å². The van der Waals surface area contributed by atoms with Crippen LogP contribution in [0.5, 0.6) is 17.2 Å². The van der Waals surface area contributed by atoms with Gasteiger partial charge in [0.05, 0.1) is 18.2 Å². The number of hydrogen-bond donors (Lipinski definition) is 1. The predicted octanol–water partition coefficient (Wildman–Crippen LogP) is 3.75. The Morgan fingerprint density at radius 1 is 0.971 bits per heavy atom. The first-order chi connectivity index (χ1) is 17.0. The first-order valence-electron chi connectivity index (χ1n) is 10.3. The lowest BCUT2D eigenvalue weighted by Gasteiger charge is -2.08. The number of esters is 1. The maximum absolute atomic E-state index is 12.1. The van der Waals surface area contributed by atoms with Crippen molar-refractivity contribution < 1.29 is 28.7 Å². The van der Waals surface area contributed by atoms with Crippen LogP contribution in [0.3, 0.4) is 0 Å². The van der Waals surface area contributed by atoms with Crippen LogP contribution in [0.4, 0.5) is 5.69 Å². The van der Waals surface area contributed by atoms with Crippen molar-refractivity contribution >= 4 is 29.9 Å². The largest absolute Gasteiger partial charge is 0.493 e. The van der Waals surface area contributed by atoms with Crippen LogP contribution < -0.4 is 19.6 Å². The van der Waals surface area contributed by atoms with Gasteiger partial charge in [-0.1, -0.05) is 42.5 Å². The fraction of sp³-hybridized carbons (Fsp3) is 0.0800. The molecule has 0 saturated carbocycles. The summed E-state index contributed by atoms with van der Waals surface area (Å²) in [5, 5.41) is 14.8. The fourth-order valence-electron chi connectivity index (χ4n) is 2.80. The van der Waals surface area contributed by atoms with Crippen molar-refractivity contribution in [3.05, 3.63) is 100 Å². The van der Waals surface area contributed by atoms with Crippen molar-refractivity contribution in [2.75, 3.05) is 13.7 Å². The maximum Gasteiger partial charge on any atom is 0.336 e. The van der Waals surface area contributed by atoms with Crippen LogP contribution in [0.25, 0.3) is 6.08 Å². The van der Waals surface area contributed by atoms with Crippen molar-refractivity contribution in [2.24, 2.45) is 5.10 Å². The molecule has 35 heavy (non-hydrogen) atoms. The van der Waals surface area contributed by atoms with E-state index in [9.17, 15) is 19.7 Å². The summed E-state index contributed by atoms with van der Waals surface area (Å²) in [5.41, 5.74) is 3.44. The average Bonchev–Trinajstić information content (AvgIpc) is 2.87. The lowest BCUT2D eigenvalue weighted by atomic mass is 10.2. The van der Waals surface area contributed by atoms with E-state index >= 15 is 0 Å². The highest BCUT2D eigenvalue weighted by Gasteiger charge is 2.14. The van der Waals surface area contributed by atoms with E-state index < -0.39 is 23.4 Å². The van der Waals surface area contributed by atoms with Crippen LogP contribution >= 0.6 is 0 Å². The molecule has 3 aromatic carbocycles. The Bertz CT molecular complexity index is 1260. The van der Waals surface area contributed by atoms with E-state index in [0.29, 0.717) is 11.3 Å². The normalized spacial score (nSPS) is 10.8. The zero-order chi connectivity index (χ0) is 25.0. The highest BCUT2D eigenvalue weighted by molar-refractivity contribution is 5.89. The zero-order valence-electron chi connectivity index (χ0n) is 18.6. The summed E-state index contributed by atoms with van der Waals surface area (Å²) in [6.07, 6.45) is 4.30. The molecule has 10 nitrogen and oxygen atoms in total. The number of carbonyl (C=O) groups excluding carboxylic acids is 2. The number of benzene rings is 3. The Kier molecular flexibility index (Phi) is 8.66. The first kappa shape index (κ1) is 24.6. The van der Waals surface area contributed by atoms with Gasteiger partial charge >= 0.3 is 11.7 Å². The van der Waals surface area contributed by atoms with Crippen molar-refractivity contribution in [3.8, 4) is 17.2 Å². The number of nitrogens with one attached hydrogen (secondary N) is 1. The Hall–Kier alpha value is -4.99. The Labute approximate surface area is 200 Å². The Balaban J connectivity index is 1.54. The topological polar surface area (TPSA) is 129 Å². The number of ether oxygens (including phenoxy) is 3. The second-order valence-electron chi connectivity index (χ2n) is 6.88. The van der Waals surface area contributed by atoms with Gasteiger partial charge in [-0.2, -0.15) is 5.10 Å². The number of carbonyl (C=O) groups is 2. The molecule has 0 aromatic heterocycles. The number of nitrogens with zero attached hydrogens (tertiary/aromatic N) is 2. The van der Waals surface area contributed by atoms with E-state index in [1.54, 1.807) is 24.3 Å². The molecule has 1 amide bonds. The SMILES string of the molecule is COc1cc(C=NNC(=O)COc2ccccc2[N+](=O)[O-])ccc1OC(=O)C=Cc1ccccc1. The summed E-state index contributed by atoms with van der Waals surface area (Å²) in [7, 11) is 1.43. The Morgan fingerprint density at radius 3 is 2.46 bits per heavy atom. The van der Waals surface area contributed by atoms with Gasteiger partial charge in [0.2, 0.25) is 0 Å². The third kappa shape index (κ3) is 7.53. The smallest absolute Gasteiger partial charge is 0.336 e. The number of methoxy groups -OCH3 is 1. The lowest BCUT2D eigenvalue weighted by Crippen LogP contribution is -2.24. The van der Waals surface area contributed by atoms with Crippen LogP contribution in [0.15, 0.2) is 84.0 Å². The molecule has 0 aliphatic carbocycles. The van der Waals surface area contributed by atoms with Gasteiger partial charge in [-0.05, 0) is 41.5 Å². The standard InChI is InChI=1S/C25H21N3O7/c1-33-23-15-19(11-13-22(23)35-25(30)14-12-18-7-3-2-4-8-18)16-26-27-24(29)17-34-21-10-6-5-9-20(21)28(31)32/h2-16H,17H2,1H3,(H,27,29). The average molecular weight is 475 g/mol. The van der Waals surface area contributed by atoms with Gasteiger partial charge in [-0.15, -0.1) is 0 Å². The minimum absolute atomic E-state index is 0.0230. The van der Waals surface area contributed by atoms with Gasteiger partial charge in [0.25, 0.3) is 5.91 Å². The molecule has 0 aliphatic rings. The summed E-state index contributed by atoms with van der Waals surface area (Å²) in [6, 6.07) is 19.8. The van der Waals surface area contributed by atoms with Gasteiger partial charge in [-0.3, -0.25) is 14.9 Å². The molecule has 3 aromatic rings. The highest BCUT2D eigenvalue weighted by atomic mass is 16.6. The minimum Gasteiger partial charge on any atom is -0.493 e. The minimum atomic E-state index is -0.609. The lowest BCUT2D eigenvalue weighted by molar-refractivity contribution is -0.385. The van der Waals surface area contributed by atoms with Gasteiger partial charge in [0.1, 0.15) is 0 Å². The molecule has 0 fully saturated rings. The second-order valence-corrected chi connectivity index (χ2v) is 6.88. The van der Waals surface area contributed by atoms with Gasteiger partial charge in [0, 0.05) is 12.1 Å². The summed E-state index contributed by atoms with van der Waals surface area (Å²) < 4.78 is 15.8. The molecule has 0 spiro atoms. The molecule has 178 valence electrons. The van der Waals surface area contributed by atoms with Crippen LogP contribution in [-0.2, 0) is 9.59 Å². The number of hydrazone groups is 1. The molecule has 3 rings (SSSR count). The van der Waals surface area contributed by atoms with Crippen molar-refractivity contribution in [2.45, 2.75) is 0 Å². The monoisotopic (exact) mass is 475 g/mol. The molecule has 0 radical (unpaired) electrons. The van der Waals surface area contributed by atoms with Gasteiger partial charge in [-0.25, -0.2) is 10.2 Å². The van der Waals surface area contributed by atoms with E-state index in [4.69, 9.17) is 14.2 Å². The molecular weight excluding hydrogens is 454 g/mol. The molecule has 0 bridgehead atoms. The van der Waals surface area contributed by atoms with Crippen molar-refractivity contribution in [3.63, 3.8) is 0 Å². The second kappa shape index (κ2) is 12.3.